The predicted octanol–water partition coefficient (Wildman–Crippen LogP) is 4.93. The van der Waals surface area contributed by atoms with E-state index in [1.165, 1.54) is 23.1 Å². The maximum atomic E-state index is 13.3. The number of amides is 1. The van der Waals surface area contributed by atoms with E-state index in [-0.39, 0.29) is 23.0 Å². The molecule has 0 radical (unpaired) electrons. The summed E-state index contributed by atoms with van der Waals surface area (Å²) in [6, 6.07) is 12.2. The summed E-state index contributed by atoms with van der Waals surface area (Å²) >= 11 is 0.937. The second-order valence-electron chi connectivity index (χ2n) is 6.45. The van der Waals surface area contributed by atoms with Crippen LogP contribution in [0, 0.1) is 5.82 Å². The van der Waals surface area contributed by atoms with Crippen molar-refractivity contribution in [1.29, 1.82) is 0 Å². The van der Waals surface area contributed by atoms with Gasteiger partial charge in [-0.2, -0.15) is 13.2 Å². The first-order valence-corrected chi connectivity index (χ1v) is 9.53. The third kappa shape index (κ3) is 5.03. The Morgan fingerprint density at radius 2 is 1.86 bits per heavy atom. The van der Waals surface area contributed by atoms with Crippen LogP contribution in [-0.4, -0.2) is 33.1 Å². The number of halogens is 4. The smallest absolute Gasteiger partial charge is 0.340 e. The fourth-order valence-electron chi connectivity index (χ4n) is 2.78. The minimum atomic E-state index is -4.69. The van der Waals surface area contributed by atoms with Crippen LogP contribution in [0.3, 0.4) is 0 Å². The second kappa shape index (κ2) is 8.36. The number of carbonyl (C=O) groups excluding carboxylic acids is 1. The van der Waals surface area contributed by atoms with Crippen molar-refractivity contribution in [3.05, 3.63) is 65.7 Å². The van der Waals surface area contributed by atoms with Gasteiger partial charge in [0.15, 0.2) is 0 Å². The van der Waals surface area contributed by atoms with Crippen molar-refractivity contribution < 1.29 is 22.4 Å². The summed E-state index contributed by atoms with van der Waals surface area (Å²) in [6.07, 6.45) is -4.69. The Labute approximate surface area is 169 Å². The van der Waals surface area contributed by atoms with Crippen molar-refractivity contribution in [3.63, 3.8) is 0 Å². The molecule has 9 heteroatoms. The first-order chi connectivity index (χ1) is 13.6. The maximum absolute atomic E-state index is 13.3. The molecule has 1 aromatic heterocycles. The number of fused-ring (bicyclic) bond motifs is 1. The van der Waals surface area contributed by atoms with Crippen LogP contribution in [-0.2, 0) is 17.5 Å². The van der Waals surface area contributed by atoms with Gasteiger partial charge >= 0.3 is 6.18 Å². The van der Waals surface area contributed by atoms with Crippen LogP contribution in [0.1, 0.15) is 18.3 Å². The molecule has 0 spiro atoms. The summed E-state index contributed by atoms with van der Waals surface area (Å²) in [6.45, 7) is 1.78. The van der Waals surface area contributed by atoms with Crippen LogP contribution < -0.4 is 0 Å². The van der Waals surface area contributed by atoms with E-state index in [9.17, 15) is 22.4 Å². The summed E-state index contributed by atoms with van der Waals surface area (Å²) in [5, 5.41) is -0.172. The molecule has 1 atom stereocenters. The molecule has 1 heterocycles. The molecule has 0 aliphatic rings. The van der Waals surface area contributed by atoms with Gasteiger partial charge in [-0.15, -0.1) is 0 Å². The molecule has 1 amide bonds. The number of benzene rings is 2. The standard InChI is InChI=1S/C20H17F4N3OS/c1-12(18(28)27(2)11-13-6-5-7-14(21)10-13)29-17-15-8-3-4-9-16(15)25-19(26-17)20(22,23)24/h3-10,12H,11H2,1-2H3. The molecule has 0 aliphatic heterocycles. The molecule has 0 saturated heterocycles. The van der Waals surface area contributed by atoms with E-state index < -0.39 is 23.1 Å². The van der Waals surface area contributed by atoms with Gasteiger partial charge in [0, 0.05) is 19.0 Å². The van der Waals surface area contributed by atoms with E-state index in [1.54, 1.807) is 44.3 Å². The zero-order chi connectivity index (χ0) is 21.2. The van der Waals surface area contributed by atoms with Crippen LogP contribution in [0.25, 0.3) is 10.9 Å². The van der Waals surface area contributed by atoms with Gasteiger partial charge in [0.05, 0.1) is 10.8 Å². The lowest BCUT2D eigenvalue weighted by Crippen LogP contribution is -2.32. The van der Waals surface area contributed by atoms with Crippen molar-refractivity contribution in [3.8, 4) is 0 Å². The Morgan fingerprint density at radius 3 is 2.55 bits per heavy atom. The van der Waals surface area contributed by atoms with Crippen molar-refractivity contribution in [2.24, 2.45) is 0 Å². The largest absolute Gasteiger partial charge is 0.451 e. The van der Waals surface area contributed by atoms with Crippen LogP contribution in [0.2, 0.25) is 0 Å². The summed E-state index contributed by atoms with van der Waals surface area (Å²) in [7, 11) is 1.56. The Kier molecular flexibility index (Phi) is 6.07. The Bertz CT molecular complexity index is 1040. The lowest BCUT2D eigenvalue weighted by Gasteiger charge is -2.21. The molecule has 1 unspecified atom stereocenters. The highest BCUT2D eigenvalue weighted by atomic mass is 32.2. The van der Waals surface area contributed by atoms with Crippen LogP contribution in [0.4, 0.5) is 17.6 Å². The molecule has 0 fully saturated rings. The highest BCUT2D eigenvalue weighted by molar-refractivity contribution is 8.00. The van der Waals surface area contributed by atoms with Gasteiger partial charge in [-0.25, -0.2) is 14.4 Å². The van der Waals surface area contributed by atoms with Gasteiger partial charge in [0.2, 0.25) is 11.7 Å². The second-order valence-corrected chi connectivity index (χ2v) is 7.78. The summed E-state index contributed by atoms with van der Waals surface area (Å²) in [5.41, 5.74) is 0.773. The van der Waals surface area contributed by atoms with Crippen molar-refractivity contribution in [1.82, 2.24) is 14.9 Å². The van der Waals surface area contributed by atoms with Crippen molar-refractivity contribution >= 4 is 28.6 Å². The predicted molar refractivity (Wildman–Crippen MR) is 103 cm³/mol. The molecule has 0 aliphatic carbocycles. The van der Waals surface area contributed by atoms with Crippen LogP contribution in [0.5, 0.6) is 0 Å². The maximum Gasteiger partial charge on any atom is 0.451 e. The summed E-state index contributed by atoms with van der Waals surface area (Å²) in [5.74, 6) is -1.96. The highest BCUT2D eigenvalue weighted by Gasteiger charge is 2.36. The molecular formula is C20H17F4N3OS. The van der Waals surface area contributed by atoms with E-state index in [0.717, 1.165) is 11.8 Å². The summed E-state index contributed by atoms with van der Waals surface area (Å²) < 4.78 is 52.8. The molecule has 29 heavy (non-hydrogen) atoms. The average molecular weight is 423 g/mol. The molecule has 3 rings (SSSR count). The zero-order valence-corrected chi connectivity index (χ0v) is 16.4. The first kappa shape index (κ1) is 21.0. The average Bonchev–Trinajstić information content (AvgIpc) is 2.66. The third-order valence-corrected chi connectivity index (χ3v) is 5.23. The Morgan fingerprint density at radius 1 is 1.14 bits per heavy atom. The SMILES string of the molecule is CC(Sc1nc(C(F)(F)F)nc2ccccc12)C(=O)N(C)Cc1cccc(F)c1. The molecule has 0 N–H and O–H groups in total. The number of para-hydroxylation sites is 1. The lowest BCUT2D eigenvalue weighted by atomic mass is 10.2. The molecule has 2 aromatic carbocycles. The third-order valence-electron chi connectivity index (χ3n) is 4.14. The number of thioether (sulfide) groups is 1. The molecule has 4 nitrogen and oxygen atoms in total. The molecule has 0 bridgehead atoms. The summed E-state index contributed by atoms with van der Waals surface area (Å²) in [4.78, 5) is 21.3. The topological polar surface area (TPSA) is 46.1 Å². The molecule has 152 valence electrons. The number of alkyl halides is 3. The fraction of sp³-hybridized carbons (Fsp3) is 0.250. The molecular weight excluding hydrogens is 406 g/mol. The minimum absolute atomic E-state index is 0.0860. The lowest BCUT2D eigenvalue weighted by molar-refractivity contribution is -0.145. The van der Waals surface area contributed by atoms with Crippen LogP contribution >= 0.6 is 11.8 Å². The van der Waals surface area contributed by atoms with E-state index in [0.29, 0.717) is 10.9 Å². The van der Waals surface area contributed by atoms with Crippen LogP contribution in [0.15, 0.2) is 53.6 Å². The van der Waals surface area contributed by atoms with Gasteiger partial charge in [-0.3, -0.25) is 4.79 Å². The fourth-order valence-corrected chi connectivity index (χ4v) is 3.83. The van der Waals surface area contributed by atoms with E-state index in [2.05, 4.69) is 9.97 Å². The molecule has 0 saturated carbocycles. The Hall–Kier alpha value is -2.68. The number of carbonyl (C=O) groups is 1. The number of nitrogens with zero attached hydrogens (tertiary/aromatic N) is 3. The number of aromatic nitrogens is 2. The molecule has 3 aromatic rings. The van der Waals surface area contributed by atoms with Crippen molar-refractivity contribution in [2.45, 2.75) is 29.9 Å². The van der Waals surface area contributed by atoms with Gasteiger partial charge in [0.25, 0.3) is 0 Å². The van der Waals surface area contributed by atoms with Gasteiger partial charge in [0.1, 0.15) is 10.8 Å². The van der Waals surface area contributed by atoms with E-state index in [1.807, 2.05) is 0 Å². The first-order valence-electron chi connectivity index (χ1n) is 8.65. The zero-order valence-electron chi connectivity index (χ0n) is 15.6. The van der Waals surface area contributed by atoms with Gasteiger partial charge in [-0.05, 0) is 30.7 Å². The monoisotopic (exact) mass is 423 g/mol. The highest BCUT2D eigenvalue weighted by Crippen LogP contribution is 2.34. The number of hydrogen-bond donors (Lipinski definition) is 0. The normalized spacial score (nSPS) is 12.8. The van der Waals surface area contributed by atoms with Gasteiger partial charge in [-0.1, -0.05) is 42.1 Å². The Balaban J connectivity index is 1.83. The minimum Gasteiger partial charge on any atom is -0.340 e. The van der Waals surface area contributed by atoms with Crippen molar-refractivity contribution in [2.75, 3.05) is 7.05 Å². The number of rotatable bonds is 5. The number of hydrogen-bond acceptors (Lipinski definition) is 4. The van der Waals surface area contributed by atoms with Gasteiger partial charge < -0.3 is 4.90 Å². The van der Waals surface area contributed by atoms with E-state index in [4.69, 9.17) is 0 Å². The quantitative estimate of drug-likeness (QED) is 0.332. The van der Waals surface area contributed by atoms with E-state index >= 15 is 0 Å².